The predicted molar refractivity (Wildman–Crippen MR) is 157 cm³/mol. The molecule has 0 aromatic rings. The Kier molecular flexibility index (Phi) is 15.1. The minimum atomic E-state index is -0.983. The Bertz CT molecular complexity index is 947. The summed E-state index contributed by atoms with van der Waals surface area (Å²) in [4.78, 5) is 77.2. The summed E-state index contributed by atoms with van der Waals surface area (Å²) in [6.07, 6.45) is -0.0955. The van der Waals surface area contributed by atoms with Gasteiger partial charge in [0.1, 0.15) is 12.1 Å². The summed E-state index contributed by atoms with van der Waals surface area (Å²) in [6, 6.07) is -1.68. The number of ether oxygens (including phenoxy) is 1. The van der Waals surface area contributed by atoms with E-state index in [1.54, 1.807) is 27.7 Å². The Morgan fingerprint density at radius 1 is 1.05 bits per heavy atom. The molecule has 5 atom stereocenters. The number of thiol groups is 1. The molecular formula is C27H48N6O7S. The third-order valence-corrected chi connectivity index (χ3v) is 7.22. The molecule has 0 aliphatic carbocycles. The third kappa shape index (κ3) is 11.1. The zero-order chi connectivity index (χ0) is 31.4. The third-order valence-electron chi connectivity index (χ3n) is 6.82. The Labute approximate surface area is 248 Å². The van der Waals surface area contributed by atoms with Crippen LogP contribution in [0.3, 0.4) is 0 Å². The Hall–Kier alpha value is -2.87. The van der Waals surface area contributed by atoms with Crippen LogP contribution in [0.25, 0.3) is 0 Å². The van der Waals surface area contributed by atoms with Crippen LogP contribution in [0.5, 0.6) is 0 Å². The molecular weight excluding hydrogens is 552 g/mol. The van der Waals surface area contributed by atoms with Gasteiger partial charge in [0, 0.05) is 33.6 Å². The largest absolute Gasteiger partial charge is 0.426 e. The number of rotatable bonds is 16. The summed E-state index contributed by atoms with van der Waals surface area (Å²) in [5.41, 5.74) is 0. The van der Waals surface area contributed by atoms with Crippen LogP contribution in [0.1, 0.15) is 60.8 Å². The van der Waals surface area contributed by atoms with Crippen LogP contribution < -0.4 is 21.3 Å². The van der Waals surface area contributed by atoms with Gasteiger partial charge < -0.3 is 26.0 Å². The second kappa shape index (κ2) is 17.2. The highest BCUT2D eigenvalue weighted by atomic mass is 32.1. The first-order valence-electron chi connectivity index (χ1n) is 14.1. The van der Waals surface area contributed by atoms with E-state index in [9.17, 15) is 28.8 Å². The van der Waals surface area contributed by atoms with Gasteiger partial charge in [0.2, 0.25) is 29.5 Å². The highest BCUT2D eigenvalue weighted by Crippen LogP contribution is 2.20. The first-order valence-corrected chi connectivity index (χ1v) is 14.6. The summed E-state index contributed by atoms with van der Waals surface area (Å²) in [5.74, 6) is -2.27. The van der Waals surface area contributed by atoms with Crippen LogP contribution in [0, 0.1) is 17.8 Å². The number of likely N-dealkylation sites (N-methyl/N-ethyl adjacent to an activating group) is 2. The standard InChI is InChI=1S/C27H48N6O7S/c1-9-10-18(14-33-21(35)11-19(41)26(33)38)12-29-13-20(34)30-17(6)40-27(39)32(8)23(16(4)5)25(37)31-22(15(2)3)24(36)28-7/h15-19,22-23,29,41H,9-14H2,1-8H3,(H,28,36)(H,30,34)(H,31,37)/t17?,18?,19?,22-,23-/m0/s1. The fraction of sp³-hybridized carbons (Fsp3) is 0.778. The second-order valence-electron chi connectivity index (χ2n) is 11.1. The number of nitrogens with zero attached hydrogens (tertiary/aromatic N) is 2. The molecule has 3 unspecified atom stereocenters. The van der Waals surface area contributed by atoms with E-state index in [-0.39, 0.29) is 55.0 Å². The number of carbonyl (C=O) groups is 6. The molecule has 0 saturated carbocycles. The molecule has 0 radical (unpaired) electrons. The zero-order valence-electron chi connectivity index (χ0n) is 25.5. The monoisotopic (exact) mass is 600 g/mol. The molecule has 13 nitrogen and oxygen atoms in total. The van der Waals surface area contributed by atoms with Crippen molar-refractivity contribution in [1.29, 1.82) is 0 Å². The normalized spacial score (nSPS) is 18.1. The molecule has 234 valence electrons. The molecule has 4 N–H and O–H groups in total. The molecule has 1 heterocycles. The van der Waals surface area contributed by atoms with E-state index in [0.29, 0.717) is 6.54 Å². The van der Waals surface area contributed by atoms with Gasteiger partial charge >= 0.3 is 6.09 Å². The van der Waals surface area contributed by atoms with Crippen LogP contribution >= 0.6 is 12.6 Å². The highest BCUT2D eigenvalue weighted by Gasteiger charge is 2.37. The van der Waals surface area contributed by atoms with Crippen molar-refractivity contribution in [2.75, 3.05) is 33.7 Å². The quantitative estimate of drug-likeness (QED) is 0.0970. The Morgan fingerprint density at radius 2 is 1.68 bits per heavy atom. The Balaban J connectivity index is 2.63. The van der Waals surface area contributed by atoms with E-state index < -0.39 is 41.5 Å². The minimum absolute atomic E-state index is 0.0268. The van der Waals surface area contributed by atoms with Crippen LogP contribution in [-0.2, 0) is 28.7 Å². The van der Waals surface area contributed by atoms with Crippen molar-refractivity contribution in [2.45, 2.75) is 84.4 Å². The lowest BCUT2D eigenvalue weighted by Gasteiger charge is -2.32. The lowest BCUT2D eigenvalue weighted by Crippen LogP contribution is -2.57. The molecule has 0 aromatic heterocycles. The minimum Gasteiger partial charge on any atom is -0.426 e. The second-order valence-corrected chi connectivity index (χ2v) is 11.7. The van der Waals surface area contributed by atoms with E-state index in [0.717, 1.165) is 17.7 Å². The topological polar surface area (TPSA) is 166 Å². The SMILES string of the molecule is CCCC(CNCC(=O)NC(C)OC(=O)N(C)[C@H](C(=O)N[C@H](C(=O)NC)C(C)C)C(C)C)CN1C(=O)CC(S)C1=O. The van der Waals surface area contributed by atoms with Crippen molar-refractivity contribution in [3.05, 3.63) is 0 Å². The molecule has 1 aliphatic heterocycles. The van der Waals surface area contributed by atoms with E-state index in [2.05, 4.69) is 33.9 Å². The molecule has 6 amide bonds. The summed E-state index contributed by atoms with van der Waals surface area (Å²) in [5, 5.41) is 10.3. The van der Waals surface area contributed by atoms with Crippen LogP contribution in [0.4, 0.5) is 4.79 Å². The van der Waals surface area contributed by atoms with Gasteiger partial charge in [-0.2, -0.15) is 12.6 Å². The zero-order valence-corrected chi connectivity index (χ0v) is 26.4. The maximum Gasteiger partial charge on any atom is 0.412 e. The first-order chi connectivity index (χ1) is 19.1. The van der Waals surface area contributed by atoms with Crippen molar-refractivity contribution in [3.8, 4) is 0 Å². The van der Waals surface area contributed by atoms with Crippen molar-refractivity contribution in [2.24, 2.45) is 17.8 Å². The average molecular weight is 601 g/mol. The van der Waals surface area contributed by atoms with Crippen molar-refractivity contribution in [3.63, 3.8) is 0 Å². The molecule has 1 saturated heterocycles. The molecule has 41 heavy (non-hydrogen) atoms. The van der Waals surface area contributed by atoms with E-state index >= 15 is 0 Å². The van der Waals surface area contributed by atoms with Crippen LogP contribution in [0.2, 0.25) is 0 Å². The Morgan fingerprint density at radius 3 is 2.17 bits per heavy atom. The van der Waals surface area contributed by atoms with Crippen LogP contribution in [0.15, 0.2) is 0 Å². The number of imide groups is 1. The lowest BCUT2D eigenvalue weighted by atomic mass is 9.99. The van der Waals surface area contributed by atoms with E-state index in [1.807, 2.05) is 6.92 Å². The van der Waals surface area contributed by atoms with Gasteiger partial charge in [0.15, 0.2) is 6.23 Å². The summed E-state index contributed by atoms with van der Waals surface area (Å²) in [6.45, 7) is 11.3. The molecule has 14 heteroatoms. The van der Waals surface area contributed by atoms with Gasteiger partial charge in [-0.05, 0) is 31.1 Å². The number of nitrogens with one attached hydrogen (secondary N) is 4. The van der Waals surface area contributed by atoms with Gasteiger partial charge in [-0.15, -0.1) is 0 Å². The van der Waals surface area contributed by atoms with E-state index in [1.165, 1.54) is 25.9 Å². The van der Waals surface area contributed by atoms with Gasteiger partial charge in [0.05, 0.1) is 11.8 Å². The van der Waals surface area contributed by atoms with Crippen molar-refractivity contribution in [1.82, 2.24) is 31.1 Å². The highest BCUT2D eigenvalue weighted by molar-refractivity contribution is 7.81. The average Bonchev–Trinajstić information content (AvgIpc) is 3.11. The summed E-state index contributed by atoms with van der Waals surface area (Å²) < 4.78 is 5.35. The summed E-state index contributed by atoms with van der Waals surface area (Å²) in [7, 11) is 2.91. The maximum atomic E-state index is 13.0. The van der Waals surface area contributed by atoms with Crippen molar-refractivity contribution < 1.29 is 33.5 Å². The number of hydrogen-bond donors (Lipinski definition) is 5. The molecule has 1 rings (SSSR count). The first kappa shape index (κ1) is 36.2. The van der Waals surface area contributed by atoms with Gasteiger partial charge in [0.25, 0.3) is 0 Å². The smallest absolute Gasteiger partial charge is 0.412 e. The molecule has 0 aromatic carbocycles. The predicted octanol–water partition coefficient (Wildman–Crippen LogP) is 0.492. The van der Waals surface area contributed by atoms with Crippen LogP contribution in [-0.4, -0.2) is 103 Å². The van der Waals surface area contributed by atoms with Gasteiger partial charge in [-0.3, -0.25) is 33.8 Å². The molecule has 1 aliphatic rings. The van der Waals surface area contributed by atoms with Gasteiger partial charge in [-0.1, -0.05) is 41.0 Å². The fourth-order valence-electron chi connectivity index (χ4n) is 4.68. The van der Waals surface area contributed by atoms with E-state index in [4.69, 9.17) is 4.74 Å². The molecule has 0 spiro atoms. The number of amides is 6. The molecule has 0 bridgehead atoms. The summed E-state index contributed by atoms with van der Waals surface area (Å²) >= 11 is 4.15. The molecule has 1 fully saturated rings. The number of likely N-dealkylation sites (tertiary alicyclic amines) is 1. The van der Waals surface area contributed by atoms with Gasteiger partial charge in [-0.25, -0.2) is 4.79 Å². The maximum absolute atomic E-state index is 13.0. The number of hydrogen-bond acceptors (Lipinski definition) is 9. The lowest BCUT2D eigenvalue weighted by molar-refractivity contribution is -0.139. The number of carbonyl (C=O) groups excluding carboxylic acids is 6. The van der Waals surface area contributed by atoms with Crippen molar-refractivity contribution >= 4 is 48.3 Å². The fourth-order valence-corrected chi connectivity index (χ4v) is 4.98.